The Balaban J connectivity index is 1.60. The lowest BCUT2D eigenvalue weighted by Gasteiger charge is -2.38. The zero-order valence-corrected chi connectivity index (χ0v) is 21.1. The van der Waals surface area contributed by atoms with Crippen LogP contribution in [0, 0.1) is 12.8 Å². The normalized spacial score (nSPS) is 18.5. The maximum atomic E-state index is 13.3. The third-order valence-electron chi connectivity index (χ3n) is 6.35. The minimum Gasteiger partial charge on any atom is -0.383 e. The number of benzene rings is 1. The highest BCUT2D eigenvalue weighted by Crippen LogP contribution is 2.36. The van der Waals surface area contributed by atoms with E-state index in [1.54, 1.807) is 35.4 Å². The van der Waals surface area contributed by atoms with Crippen LogP contribution < -0.4 is 11.1 Å². The van der Waals surface area contributed by atoms with Gasteiger partial charge in [-0.2, -0.15) is 0 Å². The van der Waals surface area contributed by atoms with Crippen LogP contribution in [0.4, 0.5) is 11.5 Å². The summed E-state index contributed by atoms with van der Waals surface area (Å²) in [4.78, 5) is 40.6. The number of nitrogen functional groups attached to an aromatic ring is 1. The molecule has 182 valence electrons. The summed E-state index contributed by atoms with van der Waals surface area (Å²) in [7, 11) is 0. The first kappa shape index (κ1) is 24.5. The monoisotopic (exact) mass is 490 g/mol. The fourth-order valence-electron chi connectivity index (χ4n) is 4.39. The number of nitrogens with one attached hydrogen (secondary N) is 1. The number of piperidine rings is 1. The van der Waals surface area contributed by atoms with Gasteiger partial charge in [-0.3, -0.25) is 14.6 Å². The molecule has 35 heavy (non-hydrogen) atoms. The van der Waals surface area contributed by atoms with Crippen molar-refractivity contribution in [3.05, 3.63) is 52.8 Å². The molecule has 3 aromatic rings. The number of hydrogen-bond acceptors (Lipinski definition) is 7. The van der Waals surface area contributed by atoms with Crippen LogP contribution >= 0.6 is 11.3 Å². The number of fused-ring (bicyclic) bond motifs is 1. The number of aromatic nitrogens is 2. The molecule has 3 N–H and O–H groups in total. The number of rotatable bonds is 5. The Morgan fingerprint density at radius 2 is 2.14 bits per heavy atom. The lowest BCUT2D eigenvalue weighted by Crippen LogP contribution is -2.46. The molecule has 0 bridgehead atoms. The number of allylic oxidation sites excluding steroid dienone is 1. The van der Waals surface area contributed by atoms with Crippen LogP contribution in [-0.2, 0) is 9.59 Å². The molecule has 0 radical (unpaired) electrons. The predicted molar refractivity (Wildman–Crippen MR) is 142 cm³/mol. The molecule has 1 unspecified atom stereocenters. The average molecular weight is 491 g/mol. The highest BCUT2D eigenvalue weighted by atomic mass is 32.1. The number of amides is 2. The van der Waals surface area contributed by atoms with E-state index in [9.17, 15) is 9.59 Å². The van der Waals surface area contributed by atoms with Gasteiger partial charge in [0.1, 0.15) is 10.8 Å². The second-order valence-electron chi connectivity index (χ2n) is 8.97. The van der Waals surface area contributed by atoms with E-state index < -0.39 is 11.8 Å². The molecule has 1 aromatic carbocycles. The summed E-state index contributed by atoms with van der Waals surface area (Å²) in [6.45, 7) is 10.0. The van der Waals surface area contributed by atoms with E-state index in [0.29, 0.717) is 24.0 Å². The van der Waals surface area contributed by atoms with E-state index in [4.69, 9.17) is 10.7 Å². The van der Waals surface area contributed by atoms with Gasteiger partial charge >= 0.3 is 11.8 Å². The summed E-state index contributed by atoms with van der Waals surface area (Å²) in [6.07, 6.45) is 5.78. The highest BCUT2D eigenvalue weighted by molar-refractivity contribution is 7.19. The number of anilines is 2. The molecule has 9 heteroatoms. The van der Waals surface area contributed by atoms with Gasteiger partial charge in [-0.25, -0.2) is 9.97 Å². The van der Waals surface area contributed by atoms with Crippen molar-refractivity contribution in [2.45, 2.75) is 46.1 Å². The molecule has 1 aliphatic rings. The standard InChI is InChI=1S/C26H30N6O2S/c1-5-17(12-28-4)25-31-20-11-18(7-9-22(20)35-25)21-8-6-15(2)14-32(21)26(34)24(33)30-19-10-16(3)23(27)29-13-19/h7,9-13,15,21H,4-6,8,14H2,1-3H3,(H2,27,29)(H,30,33)/b17-12+/t15?,21-/m1/s1. The fourth-order valence-corrected chi connectivity index (χ4v) is 5.41. The van der Waals surface area contributed by atoms with E-state index in [1.807, 2.05) is 18.2 Å². The third-order valence-corrected chi connectivity index (χ3v) is 7.46. The highest BCUT2D eigenvalue weighted by Gasteiger charge is 2.34. The number of thiazole rings is 1. The summed E-state index contributed by atoms with van der Waals surface area (Å²) < 4.78 is 1.07. The maximum Gasteiger partial charge on any atom is 0.313 e. The number of likely N-dealkylation sites (tertiary alicyclic amines) is 1. The van der Waals surface area contributed by atoms with E-state index >= 15 is 0 Å². The van der Waals surface area contributed by atoms with Gasteiger partial charge in [0.2, 0.25) is 0 Å². The van der Waals surface area contributed by atoms with Crippen LogP contribution in [0.1, 0.15) is 55.3 Å². The Morgan fingerprint density at radius 3 is 2.86 bits per heavy atom. The predicted octanol–water partition coefficient (Wildman–Crippen LogP) is 4.97. The van der Waals surface area contributed by atoms with E-state index in [0.717, 1.165) is 51.2 Å². The summed E-state index contributed by atoms with van der Waals surface area (Å²) >= 11 is 1.61. The minimum atomic E-state index is -0.679. The molecule has 1 fully saturated rings. The summed E-state index contributed by atoms with van der Waals surface area (Å²) in [6, 6.07) is 7.64. The smallest absolute Gasteiger partial charge is 0.313 e. The Kier molecular flexibility index (Phi) is 7.25. The number of aryl methyl sites for hydroxylation is 1. The molecule has 4 rings (SSSR count). The topological polar surface area (TPSA) is 114 Å². The summed E-state index contributed by atoms with van der Waals surface area (Å²) in [5.41, 5.74) is 9.84. The van der Waals surface area contributed by atoms with Crippen LogP contribution in [0.25, 0.3) is 15.8 Å². The van der Waals surface area contributed by atoms with E-state index in [1.165, 1.54) is 6.20 Å². The van der Waals surface area contributed by atoms with Gasteiger partial charge in [0, 0.05) is 18.3 Å². The maximum absolute atomic E-state index is 13.3. The van der Waals surface area contributed by atoms with Crippen molar-refractivity contribution in [1.82, 2.24) is 14.9 Å². The number of carbonyl (C=O) groups is 2. The summed E-state index contributed by atoms with van der Waals surface area (Å²) in [5, 5.41) is 3.60. The average Bonchev–Trinajstić information content (AvgIpc) is 3.27. The fraction of sp³-hybridized carbons (Fsp3) is 0.346. The van der Waals surface area contributed by atoms with Crippen molar-refractivity contribution >= 4 is 57.2 Å². The molecule has 1 saturated heterocycles. The van der Waals surface area contributed by atoms with E-state index in [2.05, 4.69) is 35.9 Å². The zero-order chi connectivity index (χ0) is 25.1. The van der Waals surface area contributed by atoms with Gasteiger partial charge in [-0.1, -0.05) is 19.9 Å². The molecule has 0 spiro atoms. The largest absolute Gasteiger partial charge is 0.383 e. The van der Waals surface area contributed by atoms with Crippen molar-refractivity contribution < 1.29 is 9.59 Å². The number of nitrogens with two attached hydrogens (primary N) is 1. The van der Waals surface area contributed by atoms with Crippen LogP contribution in [0.2, 0.25) is 0 Å². The molecule has 2 atom stereocenters. The van der Waals surface area contributed by atoms with Gasteiger partial charge in [0.15, 0.2) is 0 Å². The number of hydrogen-bond donors (Lipinski definition) is 2. The number of pyridine rings is 1. The van der Waals surface area contributed by atoms with Crippen molar-refractivity contribution in [3.8, 4) is 0 Å². The van der Waals surface area contributed by atoms with Crippen LogP contribution in [0.5, 0.6) is 0 Å². The van der Waals surface area contributed by atoms with Crippen molar-refractivity contribution in [1.29, 1.82) is 0 Å². The van der Waals surface area contributed by atoms with Crippen LogP contribution in [0.3, 0.4) is 0 Å². The summed E-state index contributed by atoms with van der Waals surface area (Å²) in [5.74, 6) is -0.533. The molecule has 8 nitrogen and oxygen atoms in total. The van der Waals surface area contributed by atoms with Gasteiger partial charge in [0.25, 0.3) is 0 Å². The SMILES string of the molecule is C=N/C=C(\CC)c1nc2cc([C@H]3CCC(C)CN3C(=O)C(=O)Nc3cnc(N)c(C)c3)ccc2s1. The quantitative estimate of drug-likeness (QED) is 0.387. The second kappa shape index (κ2) is 10.4. The molecule has 2 amide bonds. The second-order valence-corrected chi connectivity index (χ2v) is 10.0. The molecular formula is C26H30N6O2S. The van der Waals surface area contributed by atoms with Gasteiger partial charge in [0.05, 0.1) is 28.1 Å². The lowest BCUT2D eigenvalue weighted by molar-refractivity contribution is -0.146. The Labute approximate surface area is 209 Å². The first-order valence-electron chi connectivity index (χ1n) is 11.7. The number of carbonyl (C=O) groups excluding carboxylic acids is 2. The zero-order valence-electron chi connectivity index (χ0n) is 20.2. The first-order valence-corrected chi connectivity index (χ1v) is 12.5. The molecular weight excluding hydrogens is 460 g/mol. The van der Waals surface area contributed by atoms with Crippen molar-refractivity contribution in [3.63, 3.8) is 0 Å². The Hall–Kier alpha value is -3.59. The molecule has 3 heterocycles. The minimum absolute atomic E-state index is 0.193. The third kappa shape index (κ3) is 5.24. The lowest BCUT2D eigenvalue weighted by atomic mass is 9.89. The molecule has 0 saturated carbocycles. The van der Waals surface area contributed by atoms with Gasteiger partial charge in [-0.15, -0.1) is 11.3 Å². The van der Waals surface area contributed by atoms with Gasteiger partial charge < -0.3 is 16.0 Å². The molecule has 0 aliphatic carbocycles. The Morgan fingerprint density at radius 1 is 1.34 bits per heavy atom. The number of nitrogens with zero attached hydrogens (tertiary/aromatic N) is 4. The van der Waals surface area contributed by atoms with Crippen LogP contribution in [-0.4, -0.2) is 39.9 Å². The number of aliphatic imine (C=N–C) groups is 1. The Bertz CT molecular complexity index is 1310. The first-order chi connectivity index (χ1) is 16.8. The van der Waals surface area contributed by atoms with Crippen molar-refractivity contribution in [2.75, 3.05) is 17.6 Å². The van der Waals surface area contributed by atoms with Crippen LogP contribution in [0.15, 0.2) is 41.7 Å². The molecule has 2 aromatic heterocycles. The van der Waals surface area contributed by atoms with Gasteiger partial charge in [-0.05, 0) is 68.1 Å². The van der Waals surface area contributed by atoms with Crippen molar-refractivity contribution in [2.24, 2.45) is 10.9 Å². The molecule has 1 aliphatic heterocycles. The van der Waals surface area contributed by atoms with E-state index in [-0.39, 0.29) is 6.04 Å².